The van der Waals surface area contributed by atoms with Crippen molar-refractivity contribution in [3.8, 4) is 0 Å². The second-order valence-corrected chi connectivity index (χ2v) is 7.82. The Balaban J connectivity index is 1.83. The first-order valence-electron chi connectivity index (χ1n) is 7.76. The summed E-state index contributed by atoms with van der Waals surface area (Å²) in [4.78, 5) is 2.37. The van der Waals surface area contributed by atoms with Crippen LogP contribution >= 0.6 is 0 Å². The third-order valence-electron chi connectivity index (χ3n) is 4.37. The summed E-state index contributed by atoms with van der Waals surface area (Å²) in [7, 11) is 0. The molecule has 0 bridgehead atoms. The van der Waals surface area contributed by atoms with Gasteiger partial charge in [0, 0.05) is 0 Å². The van der Waals surface area contributed by atoms with Crippen LogP contribution in [0.25, 0.3) is 0 Å². The zero-order valence-corrected chi connectivity index (χ0v) is 16.3. The van der Waals surface area contributed by atoms with Crippen molar-refractivity contribution in [2.24, 2.45) is 0 Å². The van der Waals surface area contributed by atoms with Crippen molar-refractivity contribution in [1.29, 1.82) is 0 Å². The molecule has 112 valence electrons. The van der Waals surface area contributed by atoms with Gasteiger partial charge in [0.1, 0.15) is 0 Å². The summed E-state index contributed by atoms with van der Waals surface area (Å²) in [6.07, 6.45) is 5.06. The third-order valence-corrected chi connectivity index (χ3v) is 6.73. The molecule has 0 saturated carbocycles. The number of ether oxygens (including phenoxy) is 1. The van der Waals surface area contributed by atoms with E-state index in [0.717, 1.165) is 48.8 Å². The van der Waals surface area contributed by atoms with Gasteiger partial charge >= 0.3 is 137 Å². The summed E-state index contributed by atoms with van der Waals surface area (Å²) in [6.45, 7) is 4.70. The van der Waals surface area contributed by atoms with E-state index in [2.05, 4.69) is 10.2 Å². The quantitative estimate of drug-likeness (QED) is 0.548. The Bertz CT molecular complexity index is 316. The van der Waals surface area contributed by atoms with Crippen LogP contribution in [0.15, 0.2) is 0 Å². The van der Waals surface area contributed by atoms with Gasteiger partial charge in [-0.1, -0.05) is 0 Å². The van der Waals surface area contributed by atoms with E-state index >= 15 is 0 Å². The van der Waals surface area contributed by atoms with E-state index in [1.54, 1.807) is 0 Å². The Hall–Kier alpha value is 0.592. The summed E-state index contributed by atoms with van der Waals surface area (Å²) in [5.74, 6) is 0. The van der Waals surface area contributed by atoms with Crippen molar-refractivity contribution in [3.05, 3.63) is 0 Å². The fourth-order valence-corrected chi connectivity index (χ4v) is 4.67. The van der Waals surface area contributed by atoms with Gasteiger partial charge in [0.15, 0.2) is 0 Å². The van der Waals surface area contributed by atoms with Crippen LogP contribution in [-0.2, 0) is 30.0 Å². The fourth-order valence-electron chi connectivity index (χ4n) is 2.99. The van der Waals surface area contributed by atoms with Crippen molar-refractivity contribution in [3.63, 3.8) is 0 Å². The molecule has 1 atom stereocenters. The van der Waals surface area contributed by atoms with Crippen molar-refractivity contribution >= 4 is 3.24 Å². The van der Waals surface area contributed by atoms with E-state index in [4.69, 9.17) is 4.74 Å². The number of likely N-dealkylation sites (tertiary alicyclic amines) is 1. The predicted octanol–water partition coefficient (Wildman–Crippen LogP) is -0.359. The Morgan fingerprint density at radius 1 is 1.25 bits per heavy atom. The van der Waals surface area contributed by atoms with Gasteiger partial charge in [-0.15, -0.1) is 0 Å². The number of piperidine rings is 2. The molecule has 0 radical (unpaired) electrons. The molecule has 2 saturated heterocycles. The summed E-state index contributed by atoms with van der Waals surface area (Å²) < 4.78 is 6.80. The summed E-state index contributed by atoms with van der Waals surface area (Å²) in [5.41, 5.74) is -0.757. The Labute approximate surface area is 136 Å². The molecule has 0 amide bonds. The minimum atomic E-state index is -0.757. The van der Waals surface area contributed by atoms with Gasteiger partial charge in [-0.25, -0.2) is 0 Å². The van der Waals surface area contributed by atoms with Crippen LogP contribution in [-0.4, -0.2) is 69.4 Å². The van der Waals surface area contributed by atoms with E-state index in [0.29, 0.717) is 25.3 Å². The summed E-state index contributed by atoms with van der Waals surface area (Å²) in [5, 5.41) is 23.4. The number of aliphatic hydroxyl groups excluding tert-OH is 1. The molecule has 2 rings (SSSR count). The zero-order chi connectivity index (χ0) is 14.4. The maximum absolute atomic E-state index is 10.6. The molecule has 0 aromatic rings. The van der Waals surface area contributed by atoms with E-state index < -0.39 is 5.60 Å². The fraction of sp³-hybridized carbons (Fsp3) is 0.929. The van der Waals surface area contributed by atoms with Crippen LogP contribution < -0.4 is 5.32 Å². The van der Waals surface area contributed by atoms with Gasteiger partial charge in [-0.2, -0.15) is 0 Å². The first-order valence-corrected chi connectivity index (χ1v) is 9.78. The molecule has 0 aromatic carbocycles. The number of aliphatic hydroxyl groups is 2. The molecule has 6 heteroatoms. The molecule has 0 aromatic heterocycles. The van der Waals surface area contributed by atoms with Gasteiger partial charge in [0.05, 0.1) is 0 Å². The first kappa shape index (κ1) is 17.0. The molecule has 2 aliphatic rings. The van der Waals surface area contributed by atoms with E-state index in [1.165, 1.54) is 19.3 Å². The monoisotopic (exact) mass is 384 g/mol. The number of hydrogen-bond donors (Lipinski definition) is 3. The maximum atomic E-state index is 10.6. The molecule has 5 nitrogen and oxygen atoms in total. The Morgan fingerprint density at radius 3 is 2.50 bits per heavy atom. The summed E-state index contributed by atoms with van der Waals surface area (Å²) in [6, 6.07) is 0. The average Bonchev–Trinajstić information content (AvgIpc) is 2.48. The standard InChI is InChI=1S/C14H26N2O3.Cd/c17-11-13(10-16-8-2-1-3-9-16)19-12-14(18)4-6-15-7-5-14;/h13,15,17-18H,1-11H2;. The topological polar surface area (TPSA) is 65.0 Å². The third kappa shape index (κ3) is 4.81. The van der Waals surface area contributed by atoms with Crippen LogP contribution in [0, 0.1) is 0 Å². The Kier molecular flexibility index (Phi) is 7.02. The normalized spacial score (nSPS) is 25.4. The molecule has 2 aliphatic heterocycles. The minimum absolute atomic E-state index is 0.0294. The van der Waals surface area contributed by atoms with Gasteiger partial charge in [-0.05, 0) is 0 Å². The van der Waals surface area contributed by atoms with Crippen molar-refractivity contribution in [2.45, 2.75) is 43.8 Å². The second-order valence-electron chi connectivity index (χ2n) is 5.99. The average molecular weight is 383 g/mol. The van der Waals surface area contributed by atoms with E-state index in [-0.39, 0.29) is 12.7 Å². The zero-order valence-electron chi connectivity index (χ0n) is 12.3. The molecule has 2 fully saturated rings. The molecular weight excluding hydrogens is 357 g/mol. The molecule has 0 spiro atoms. The SMILES string of the molecule is OCC(CN1CCCCC1)O[C](=[Cd])C1(O)CCNCC1. The van der Waals surface area contributed by atoms with Gasteiger partial charge < -0.3 is 0 Å². The second kappa shape index (κ2) is 8.28. The van der Waals surface area contributed by atoms with Crippen LogP contribution in [0.3, 0.4) is 0 Å². The first-order chi connectivity index (χ1) is 9.64. The number of nitrogens with zero attached hydrogens (tertiary/aromatic N) is 1. The molecule has 3 N–H and O–H groups in total. The van der Waals surface area contributed by atoms with Crippen LogP contribution in [0.1, 0.15) is 32.1 Å². The van der Waals surface area contributed by atoms with Gasteiger partial charge in [0.2, 0.25) is 0 Å². The van der Waals surface area contributed by atoms with Crippen molar-refractivity contribution in [2.75, 3.05) is 39.3 Å². The summed E-state index contributed by atoms with van der Waals surface area (Å²) >= 11 is 0.457. The number of hydrogen-bond acceptors (Lipinski definition) is 5. The predicted molar refractivity (Wildman–Crippen MR) is 74.3 cm³/mol. The van der Waals surface area contributed by atoms with Crippen LogP contribution in [0.4, 0.5) is 0 Å². The molecule has 0 aliphatic carbocycles. The van der Waals surface area contributed by atoms with E-state index in [9.17, 15) is 10.2 Å². The van der Waals surface area contributed by atoms with Gasteiger partial charge in [0.25, 0.3) is 0 Å². The number of rotatable bonds is 6. The molecule has 20 heavy (non-hydrogen) atoms. The van der Waals surface area contributed by atoms with Gasteiger partial charge in [-0.3, -0.25) is 0 Å². The number of nitrogens with one attached hydrogen (secondary N) is 1. The van der Waals surface area contributed by atoms with Crippen LogP contribution in [0.5, 0.6) is 0 Å². The van der Waals surface area contributed by atoms with Crippen LogP contribution in [0.2, 0.25) is 0 Å². The van der Waals surface area contributed by atoms with Crippen molar-refractivity contribution in [1.82, 2.24) is 10.2 Å². The Morgan fingerprint density at radius 2 is 1.90 bits per heavy atom. The molecular formula is C14H26CdN2O3. The van der Waals surface area contributed by atoms with E-state index in [1.807, 2.05) is 0 Å². The molecule has 2 heterocycles. The molecule has 1 unspecified atom stereocenters. The van der Waals surface area contributed by atoms with Crippen molar-refractivity contribution < 1.29 is 40.2 Å².